The van der Waals surface area contributed by atoms with Gasteiger partial charge in [0.05, 0.1) is 0 Å². The molecule has 0 aliphatic heterocycles. The molecule has 0 bridgehead atoms. The van der Waals surface area contributed by atoms with Gasteiger partial charge in [0.25, 0.3) is 0 Å². The molecule has 3 nitrogen and oxygen atoms in total. The fourth-order valence-electron chi connectivity index (χ4n) is 1.62. The highest BCUT2D eigenvalue weighted by atomic mass is 17.1. The van der Waals surface area contributed by atoms with Crippen LogP contribution in [0.2, 0.25) is 0 Å². The van der Waals surface area contributed by atoms with Gasteiger partial charge in [0.1, 0.15) is 5.60 Å². The molecule has 1 N–H and O–H groups in total. The van der Waals surface area contributed by atoms with Crippen molar-refractivity contribution < 1.29 is 14.9 Å². The molecule has 0 heterocycles. The number of ketones is 1. The molecule has 0 saturated heterocycles. The highest BCUT2D eigenvalue weighted by molar-refractivity contribution is 6.07. The summed E-state index contributed by atoms with van der Waals surface area (Å²) in [5, 5.41) is 8.82. The van der Waals surface area contributed by atoms with Crippen molar-refractivity contribution in [1.29, 1.82) is 0 Å². The second kappa shape index (κ2) is 3.04. The SMILES string of the molecule is C[C@]1(OO)C=CC(=O)c2ccccc21. The van der Waals surface area contributed by atoms with E-state index in [0.717, 1.165) is 0 Å². The molecular formula is C11H10O3. The van der Waals surface area contributed by atoms with Crippen LogP contribution >= 0.6 is 0 Å². The first-order valence-corrected chi connectivity index (χ1v) is 4.33. The molecule has 72 valence electrons. The molecule has 0 fully saturated rings. The molecule has 1 aromatic rings. The second-order valence-corrected chi connectivity index (χ2v) is 3.44. The van der Waals surface area contributed by atoms with E-state index in [-0.39, 0.29) is 5.78 Å². The maximum absolute atomic E-state index is 11.5. The molecule has 1 aliphatic rings. The lowest BCUT2D eigenvalue weighted by Crippen LogP contribution is -2.27. The van der Waals surface area contributed by atoms with E-state index in [1.807, 2.05) is 6.07 Å². The van der Waals surface area contributed by atoms with Crippen LogP contribution in [-0.4, -0.2) is 11.0 Å². The molecule has 0 unspecified atom stereocenters. The lowest BCUT2D eigenvalue weighted by Gasteiger charge is -2.27. The number of carbonyl (C=O) groups is 1. The Morgan fingerprint density at radius 3 is 2.79 bits per heavy atom. The topological polar surface area (TPSA) is 46.5 Å². The summed E-state index contributed by atoms with van der Waals surface area (Å²) in [5.74, 6) is -0.0601. The zero-order chi connectivity index (χ0) is 10.2. The van der Waals surface area contributed by atoms with Crippen molar-refractivity contribution in [2.45, 2.75) is 12.5 Å². The number of hydrogen-bond donors (Lipinski definition) is 1. The van der Waals surface area contributed by atoms with E-state index in [1.54, 1.807) is 31.2 Å². The first-order chi connectivity index (χ1) is 6.67. The Hall–Kier alpha value is -1.45. The van der Waals surface area contributed by atoms with E-state index in [1.165, 1.54) is 6.08 Å². The molecule has 0 saturated carbocycles. The first-order valence-electron chi connectivity index (χ1n) is 4.33. The number of allylic oxidation sites excluding steroid dienone is 1. The molecule has 0 spiro atoms. The number of hydrogen-bond acceptors (Lipinski definition) is 3. The van der Waals surface area contributed by atoms with Gasteiger partial charge in [0, 0.05) is 11.1 Å². The van der Waals surface area contributed by atoms with Crippen LogP contribution in [0.25, 0.3) is 0 Å². The minimum Gasteiger partial charge on any atom is -0.289 e. The molecule has 3 heteroatoms. The molecule has 0 radical (unpaired) electrons. The Bertz CT molecular complexity index is 409. The van der Waals surface area contributed by atoms with Crippen LogP contribution in [0.3, 0.4) is 0 Å². The number of rotatable bonds is 1. The molecule has 0 amide bonds. The van der Waals surface area contributed by atoms with E-state index < -0.39 is 5.60 Å². The van der Waals surface area contributed by atoms with E-state index in [4.69, 9.17) is 5.26 Å². The average molecular weight is 190 g/mol. The number of fused-ring (bicyclic) bond motifs is 1. The minimum absolute atomic E-state index is 0.0601. The van der Waals surface area contributed by atoms with E-state index in [0.29, 0.717) is 11.1 Å². The number of carbonyl (C=O) groups excluding carboxylic acids is 1. The fourth-order valence-corrected chi connectivity index (χ4v) is 1.62. The molecular weight excluding hydrogens is 180 g/mol. The molecule has 14 heavy (non-hydrogen) atoms. The van der Waals surface area contributed by atoms with Gasteiger partial charge in [-0.05, 0) is 19.1 Å². The smallest absolute Gasteiger partial charge is 0.186 e. The second-order valence-electron chi connectivity index (χ2n) is 3.44. The predicted molar refractivity (Wildman–Crippen MR) is 51.0 cm³/mol. The van der Waals surface area contributed by atoms with Crippen LogP contribution in [-0.2, 0) is 10.5 Å². The Kier molecular flexibility index (Phi) is 1.98. The van der Waals surface area contributed by atoms with Crippen LogP contribution < -0.4 is 0 Å². The van der Waals surface area contributed by atoms with E-state index >= 15 is 0 Å². The van der Waals surface area contributed by atoms with Crippen molar-refractivity contribution in [2.75, 3.05) is 0 Å². The summed E-state index contributed by atoms with van der Waals surface area (Å²) in [6.45, 7) is 1.70. The maximum atomic E-state index is 11.5. The van der Waals surface area contributed by atoms with Gasteiger partial charge in [-0.2, -0.15) is 0 Å². The molecule has 0 aromatic heterocycles. The highest BCUT2D eigenvalue weighted by Gasteiger charge is 2.32. The molecule has 2 rings (SSSR count). The molecule has 1 aliphatic carbocycles. The lowest BCUT2D eigenvalue weighted by atomic mass is 9.85. The summed E-state index contributed by atoms with van der Waals surface area (Å²) in [6.07, 6.45) is 2.97. The average Bonchev–Trinajstić information content (AvgIpc) is 2.24. The Balaban J connectivity index is 2.64. The van der Waals surface area contributed by atoms with Gasteiger partial charge in [-0.15, -0.1) is 0 Å². The zero-order valence-corrected chi connectivity index (χ0v) is 7.73. The third kappa shape index (κ3) is 1.18. The van der Waals surface area contributed by atoms with Gasteiger partial charge in [0.2, 0.25) is 0 Å². The van der Waals surface area contributed by atoms with Gasteiger partial charge in [0.15, 0.2) is 5.78 Å². The third-order valence-corrected chi connectivity index (χ3v) is 2.47. The van der Waals surface area contributed by atoms with Crippen molar-refractivity contribution >= 4 is 5.78 Å². The van der Waals surface area contributed by atoms with Crippen LogP contribution in [0.5, 0.6) is 0 Å². The summed E-state index contributed by atoms with van der Waals surface area (Å²) in [7, 11) is 0. The van der Waals surface area contributed by atoms with Crippen LogP contribution in [0.1, 0.15) is 22.8 Å². The largest absolute Gasteiger partial charge is 0.289 e. The van der Waals surface area contributed by atoms with Gasteiger partial charge in [-0.1, -0.05) is 24.3 Å². The molecule has 1 aromatic carbocycles. The summed E-state index contributed by atoms with van der Waals surface area (Å²) in [4.78, 5) is 15.9. The van der Waals surface area contributed by atoms with Gasteiger partial charge in [-0.3, -0.25) is 10.1 Å². The fraction of sp³-hybridized carbons (Fsp3) is 0.182. The van der Waals surface area contributed by atoms with Gasteiger partial charge >= 0.3 is 0 Å². The summed E-state index contributed by atoms with van der Waals surface area (Å²) < 4.78 is 0. The van der Waals surface area contributed by atoms with Crippen molar-refractivity contribution in [1.82, 2.24) is 0 Å². The lowest BCUT2D eigenvalue weighted by molar-refractivity contribution is -0.307. The van der Waals surface area contributed by atoms with Crippen molar-refractivity contribution in [2.24, 2.45) is 0 Å². The number of benzene rings is 1. The normalized spacial score (nSPS) is 24.9. The summed E-state index contributed by atoms with van der Waals surface area (Å²) in [6, 6.07) is 7.08. The predicted octanol–water partition coefficient (Wildman–Crippen LogP) is 2.14. The zero-order valence-electron chi connectivity index (χ0n) is 7.73. The van der Waals surface area contributed by atoms with Crippen molar-refractivity contribution in [3.05, 3.63) is 47.5 Å². The first kappa shape index (κ1) is 9.12. The third-order valence-electron chi connectivity index (χ3n) is 2.47. The van der Waals surface area contributed by atoms with Gasteiger partial charge in [-0.25, -0.2) is 4.89 Å². The van der Waals surface area contributed by atoms with Crippen molar-refractivity contribution in [3.8, 4) is 0 Å². The molecule has 1 atom stereocenters. The Morgan fingerprint density at radius 2 is 2.07 bits per heavy atom. The van der Waals surface area contributed by atoms with Crippen LogP contribution in [0.4, 0.5) is 0 Å². The standard InChI is InChI=1S/C11H10O3/c1-11(14-13)7-6-10(12)8-4-2-3-5-9(8)11/h2-7,13H,1H3/t11-/m0/s1. The van der Waals surface area contributed by atoms with Gasteiger partial charge < -0.3 is 0 Å². The minimum atomic E-state index is -0.912. The van der Waals surface area contributed by atoms with Crippen LogP contribution in [0, 0.1) is 0 Å². The summed E-state index contributed by atoms with van der Waals surface area (Å²) >= 11 is 0. The van der Waals surface area contributed by atoms with Crippen LogP contribution in [0.15, 0.2) is 36.4 Å². The van der Waals surface area contributed by atoms with Crippen molar-refractivity contribution in [3.63, 3.8) is 0 Å². The van der Waals surface area contributed by atoms with E-state index in [2.05, 4.69) is 4.89 Å². The highest BCUT2D eigenvalue weighted by Crippen LogP contribution is 2.32. The monoisotopic (exact) mass is 190 g/mol. The maximum Gasteiger partial charge on any atom is 0.186 e. The Labute approximate surface area is 81.6 Å². The Morgan fingerprint density at radius 1 is 1.36 bits per heavy atom. The quantitative estimate of drug-likeness (QED) is 0.545. The summed E-state index contributed by atoms with van der Waals surface area (Å²) in [5.41, 5.74) is 0.353. The van der Waals surface area contributed by atoms with E-state index in [9.17, 15) is 4.79 Å².